The zero-order valence-corrected chi connectivity index (χ0v) is 18.1. The third-order valence-corrected chi connectivity index (χ3v) is 4.96. The van der Waals surface area contributed by atoms with E-state index in [0.29, 0.717) is 48.8 Å². The largest absolute Gasteiger partial charge is 0.573 e. The highest BCUT2D eigenvalue weighted by Crippen LogP contribution is 2.43. The molecule has 176 valence electrons. The second-order valence-electron chi connectivity index (χ2n) is 6.83. The second kappa shape index (κ2) is 10.4. The fraction of sp³-hybridized carbons (Fsp3) is 0.368. The van der Waals surface area contributed by atoms with E-state index in [9.17, 15) is 23.3 Å². The zero-order chi connectivity index (χ0) is 21.3. The van der Waals surface area contributed by atoms with Crippen LogP contribution in [0.2, 0.25) is 0 Å². The Morgan fingerprint density at radius 3 is 2.22 bits per heavy atom. The maximum absolute atomic E-state index is 12.5. The molecule has 1 fully saturated rings. The fourth-order valence-corrected chi connectivity index (χ4v) is 3.70. The number of nitrogens with zero attached hydrogens (tertiary/aromatic N) is 2. The van der Waals surface area contributed by atoms with Crippen molar-refractivity contribution in [1.82, 2.24) is 10.2 Å². The predicted octanol–water partition coefficient (Wildman–Crippen LogP) is 4.06. The van der Waals surface area contributed by atoms with E-state index < -0.39 is 17.3 Å². The van der Waals surface area contributed by atoms with Crippen molar-refractivity contribution in [2.75, 3.05) is 33.0 Å². The molecule has 32 heavy (non-hydrogen) atoms. The molecule has 0 radical (unpaired) electrons. The zero-order valence-electron chi connectivity index (χ0n) is 16.5. The maximum Gasteiger partial charge on any atom is 0.573 e. The Bertz CT molecular complexity index is 941. The molecule has 0 unspecified atom stereocenters. The van der Waals surface area contributed by atoms with E-state index >= 15 is 0 Å². The van der Waals surface area contributed by atoms with Gasteiger partial charge < -0.3 is 19.5 Å². The number of nitrogens with one attached hydrogen (secondary N) is 1. The minimum atomic E-state index is -4.80. The van der Waals surface area contributed by atoms with Gasteiger partial charge in [-0.2, -0.15) is 0 Å². The Hall–Kier alpha value is -2.47. The molecule has 0 bridgehead atoms. The van der Waals surface area contributed by atoms with Crippen LogP contribution in [-0.4, -0.2) is 49.2 Å². The smallest absolute Gasteiger partial charge is 0.454 e. The van der Waals surface area contributed by atoms with Gasteiger partial charge in [0.2, 0.25) is 6.79 Å². The third-order valence-electron chi connectivity index (χ3n) is 4.96. The lowest BCUT2D eigenvalue weighted by molar-refractivity contribution is -0.386. The lowest BCUT2D eigenvalue weighted by atomic mass is 9.94. The summed E-state index contributed by atoms with van der Waals surface area (Å²) in [7, 11) is 0. The van der Waals surface area contributed by atoms with Crippen LogP contribution in [0.1, 0.15) is 17.2 Å². The number of rotatable bonds is 5. The van der Waals surface area contributed by atoms with E-state index in [0.717, 1.165) is 0 Å². The fourth-order valence-electron chi connectivity index (χ4n) is 3.70. The predicted molar refractivity (Wildman–Crippen MR) is 113 cm³/mol. The molecule has 0 amide bonds. The average molecular weight is 498 g/mol. The summed E-state index contributed by atoms with van der Waals surface area (Å²) < 4.78 is 52.1. The van der Waals surface area contributed by atoms with Crippen LogP contribution >= 0.6 is 24.8 Å². The van der Waals surface area contributed by atoms with Crippen LogP contribution in [-0.2, 0) is 0 Å². The molecular formula is C19H20Cl2F3N3O5. The summed E-state index contributed by atoms with van der Waals surface area (Å²) in [6.45, 7) is 2.56. The van der Waals surface area contributed by atoms with Crippen molar-refractivity contribution in [3.8, 4) is 17.2 Å². The van der Waals surface area contributed by atoms with Gasteiger partial charge in [0.05, 0.1) is 22.6 Å². The van der Waals surface area contributed by atoms with E-state index in [1.54, 1.807) is 6.07 Å². The van der Waals surface area contributed by atoms with Crippen LogP contribution in [0.15, 0.2) is 36.4 Å². The van der Waals surface area contributed by atoms with Crippen LogP contribution in [0.5, 0.6) is 17.2 Å². The number of benzene rings is 2. The van der Waals surface area contributed by atoms with Crippen molar-refractivity contribution in [3.63, 3.8) is 0 Å². The quantitative estimate of drug-likeness (QED) is 0.492. The number of alkyl halides is 3. The second-order valence-corrected chi connectivity index (χ2v) is 6.83. The molecule has 2 heterocycles. The summed E-state index contributed by atoms with van der Waals surface area (Å²) in [5.74, 6) is 0.330. The Morgan fingerprint density at radius 2 is 1.66 bits per heavy atom. The first-order chi connectivity index (χ1) is 14.3. The lowest BCUT2D eigenvalue weighted by Gasteiger charge is -2.35. The molecule has 2 aliphatic heterocycles. The van der Waals surface area contributed by atoms with Gasteiger partial charge in [-0.25, -0.2) is 0 Å². The van der Waals surface area contributed by atoms with E-state index in [1.807, 2.05) is 4.90 Å². The number of halogens is 5. The summed E-state index contributed by atoms with van der Waals surface area (Å²) in [6.07, 6.45) is -4.80. The highest BCUT2D eigenvalue weighted by atomic mass is 35.5. The topological polar surface area (TPSA) is 86.1 Å². The molecule has 13 heteroatoms. The first-order valence-corrected chi connectivity index (χ1v) is 9.20. The number of hydrogen-bond acceptors (Lipinski definition) is 7. The van der Waals surface area contributed by atoms with Gasteiger partial charge in [0.1, 0.15) is 5.75 Å². The molecule has 1 N–H and O–H groups in total. The summed E-state index contributed by atoms with van der Waals surface area (Å²) in [6, 6.07) is 7.74. The Balaban J connectivity index is 0.00000181. The van der Waals surface area contributed by atoms with E-state index in [4.69, 9.17) is 9.47 Å². The highest BCUT2D eigenvalue weighted by molar-refractivity contribution is 5.85. The molecule has 0 aromatic heterocycles. The van der Waals surface area contributed by atoms with Crippen molar-refractivity contribution in [2.45, 2.75) is 12.4 Å². The van der Waals surface area contributed by atoms with Crippen molar-refractivity contribution in [2.24, 2.45) is 0 Å². The lowest BCUT2D eigenvalue weighted by Crippen LogP contribution is -2.45. The average Bonchev–Trinajstić information content (AvgIpc) is 3.16. The van der Waals surface area contributed by atoms with Crippen LogP contribution in [0.4, 0.5) is 18.9 Å². The van der Waals surface area contributed by atoms with Gasteiger partial charge >= 0.3 is 6.36 Å². The van der Waals surface area contributed by atoms with Crippen LogP contribution in [0.3, 0.4) is 0 Å². The molecule has 0 saturated carbocycles. The van der Waals surface area contributed by atoms with Gasteiger partial charge in [0.25, 0.3) is 5.69 Å². The number of nitro benzene ring substituents is 1. The number of hydrogen-bond donors (Lipinski definition) is 1. The van der Waals surface area contributed by atoms with Crippen LogP contribution in [0.25, 0.3) is 0 Å². The summed E-state index contributed by atoms with van der Waals surface area (Å²) in [5.41, 5.74) is 0.849. The number of ether oxygens (including phenoxy) is 3. The molecule has 4 rings (SSSR count). The first-order valence-electron chi connectivity index (χ1n) is 9.20. The van der Waals surface area contributed by atoms with Crippen molar-refractivity contribution >= 4 is 30.5 Å². The molecule has 1 saturated heterocycles. The summed E-state index contributed by atoms with van der Waals surface area (Å²) >= 11 is 0. The van der Waals surface area contributed by atoms with Crippen molar-refractivity contribution in [3.05, 3.63) is 57.6 Å². The normalized spacial score (nSPS) is 16.5. The standard InChI is InChI=1S/C19H18F3N3O5.2ClH/c20-19(21,22)30-13-3-1-12(2-4-13)18(24-7-5-23-6-8-24)14-9-16-17(29-11-28-16)10-15(14)25(26)27;;/h1-4,9-10,18,23H,5-8,11H2;2*1H/t18-;;/m0../s1. The van der Waals surface area contributed by atoms with E-state index in [2.05, 4.69) is 10.1 Å². The third kappa shape index (κ3) is 5.66. The van der Waals surface area contributed by atoms with Crippen molar-refractivity contribution in [1.29, 1.82) is 0 Å². The van der Waals surface area contributed by atoms with Gasteiger partial charge in [-0.1, -0.05) is 12.1 Å². The molecule has 1 atom stereocenters. The summed E-state index contributed by atoms with van der Waals surface area (Å²) in [5, 5.41) is 15.0. The van der Waals surface area contributed by atoms with Gasteiger partial charge in [0.15, 0.2) is 11.5 Å². The molecule has 2 aliphatic rings. The van der Waals surface area contributed by atoms with Crippen molar-refractivity contribution < 1.29 is 32.3 Å². The molecule has 2 aromatic rings. The number of piperazine rings is 1. The highest BCUT2D eigenvalue weighted by Gasteiger charge is 2.34. The van der Waals surface area contributed by atoms with Gasteiger partial charge in [0, 0.05) is 26.2 Å². The van der Waals surface area contributed by atoms with E-state index in [1.165, 1.54) is 30.3 Å². The minimum absolute atomic E-state index is 0. The molecule has 8 nitrogen and oxygen atoms in total. The number of nitro groups is 1. The first kappa shape index (κ1) is 25.8. The van der Waals surface area contributed by atoms with Crippen LogP contribution < -0.4 is 19.5 Å². The maximum atomic E-state index is 12.5. The van der Waals surface area contributed by atoms with Gasteiger partial charge in [-0.15, -0.1) is 38.0 Å². The number of fused-ring (bicyclic) bond motifs is 1. The Morgan fingerprint density at radius 1 is 1.06 bits per heavy atom. The molecule has 2 aromatic carbocycles. The van der Waals surface area contributed by atoms with Gasteiger partial charge in [-0.05, 0) is 23.8 Å². The monoisotopic (exact) mass is 497 g/mol. The van der Waals surface area contributed by atoms with Gasteiger partial charge in [-0.3, -0.25) is 15.0 Å². The molecule has 0 aliphatic carbocycles. The Labute approximate surface area is 193 Å². The summed E-state index contributed by atoms with van der Waals surface area (Å²) in [4.78, 5) is 13.3. The van der Waals surface area contributed by atoms with Crippen LogP contribution in [0, 0.1) is 10.1 Å². The SMILES string of the molecule is Cl.Cl.O=[N+]([O-])c1cc2c(cc1[C@H](c1ccc(OC(F)(F)F)cc1)N1CCNCC1)OCO2. The van der Waals surface area contributed by atoms with E-state index in [-0.39, 0.29) is 43.0 Å². The minimum Gasteiger partial charge on any atom is -0.454 e. The Kier molecular flexibility index (Phi) is 8.41. The molecule has 0 spiro atoms. The molecular weight excluding hydrogens is 478 g/mol.